The summed E-state index contributed by atoms with van der Waals surface area (Å²) in [6, 6.07) is 11.2. The van der Waals surface area contributed by atoms with Gasteiger partial charge < -0.3 is 5.32 Å². The van der Waals surface area contributed by atoms with E-state index in [0.717, 1.165) is 32.6 Å². The normalized spacial score (nSPS) is 12.0. The number of hydrogen-bond donors (Lipinski definition) is 1. The molecular formula is C17H26N2. The van der Waals surface area contributed by atoms with Gasteiger partial charge >= 0.3 is 0 Å². The zero-order valence-electron chi connectivity index (χ0n) is 12.4. The standard InChI is InChI=1S/C17H26N2/c1-4-7-11-14-18-15-17(19(5-2)6-3)16-12-9-8-10-13-16/h8-10,12-13,17-18H,5-6,11,14-15H2,1-3H3. The van der Waals surface area contributed by atoms with Crippen LogP contribution in [0.3, 0.4) is 0 Å². The summed E-state index contributed by atoms with van der Waals surface area (Å²) in [6.45, 7) is 10.4. The lowest BCUT2D eigenvalue weighted by molar-refractivity contribution is 0.214. The summed E-state index contributed by atoms with van der Waals surface area (Å²) in [5.41, 5.74) is 1.39. The summed E-state index contributed by atoms with van der Waals surface area (Å²) >= 11 is 0. The smallest absolute Gasteiger partial charge is 0.0472 e. The van der Waals surface area contributed by atoms with Crippen molar-refractivity contribution >= 4 is 0 Å². The minimum atomic E-state index is 0.450. The molecule has 2 heteroatoms. The third-order valence-corrected chi connectivity index (χ3v) is 3.38. The minimum absolute atomic E-state index is 0.450. The molecule has 1 N–H and O–H groups in total. The second-order valence-electron chi connectivity index (χ2n) is 4.53. The molecule has 0 bridgehead atoms. The fourth-order valence-electron chi connectivity index (χ4n) is 2.31. The largest absolute Gasteiger partial charge is 0.314 e. The molecule has 0 saturated heterocycles. The summed E-state index contributed by atoms with van der Waals surface area (Å²) in [5.74, 6) is 6.03. The van der Waals surface area contributed by atoms with Gasteiger partial charge in [-0.25, -0.2) is 0 Å². The van der Waals surface area contributed by atoms with Crippen LogP contribution in [0, 0.1) is 11.8 Å². The van der Waals surface area contributed by atoms with Gasteiger partial charge in [0.05, 0.1) is 0 Å². The van der Waals surface area contributed by atoms with Crippen LogP contribution in [0.25, 0.3) is 0 Å². The van der Waals surface area contributed by atoms with E-state index in [1.165, 1.54) is 5.56 Å². The molecule has 0 saturated carbocycles. The van der Waals surface area contributed by atoms with Crippen LogP contribution in [-0.4, -0.2) is 31.1 Å². The van der Waals surface area contributed by atoms with Crippen LogP contribution in [0.1, 0.15) is 38.8 Å². The third-order valence-electron chi connectivity index (χ3n) is 3.38. The first-order valence-corrected chi connectivity index (χ1v) is 7.22. The van der Waals surface area contributed by atoms with Crippen LogP contribution in [0.15, 0.2) is 30.3 Å². The number of rotatable bonds is 8. The third kappa shape index (κ3) is 5.46. The molecule has 0 aromatic heterocycles. The van der Waals surface area contributed by atoms with E-state index in [1.807, 2.05) is 6.92 Å². The monoisotopic (exact) mass is 258 g/mol. The molecule has 0 fully saturated rings. The number of benzene rings is 1. The Balaban J connectivity index is 2.61. The SMILES string of the molecule is CC#CCCNCC(c1ccccc1)N(CC)CC. The number of nitrogens with zero attached hydrogens (tertiary/aromatic N) is 1. The lowest BCUT2D eigenvalue weighted by Crippen LogP contribution is -2.36. The molecule has 0 aliphatic heterocycles. The maximum Gasteiger partial charge on any atom is 0.0472 e. The van der Waals surface area contributed by atoms with Crippen molar-refractivity contribution in [2.45, 2.75) is 33.2 Å². The van der Waals surface area contributed by atoms with Gasteiger partial charge in [0, 0.05) is 25.6 Å². The van der Waals surface area contributed by atoms with E-state index in [0.29, 0.717) is 6.04 Å². The van der Waals surface area contributed by atoms with E-state index in [2.05, 4.69) is 66.2 Å². The molecule has 0 heterocycles. The molecule has 0 aliphatic rings. The first-order chi connectivity index (χ1) is 9.33. The summed E-state index contributed by atoms with van der Waals surface area (Å²) in [7, 11) is 0. The Labute approximate surface area is 118 Å². The van der Waals surface area contributed by atoms with Gasteiger partial charge in [-0.1, -0.05) is 44.2 Å². The molecule has 19 heavy (non-hydrogen) atoms. The Morgan fingerprint density at radius 3 is 2.42 bits per heavy atom. The number of hydrogen-bond acceptors (Lipinski definition) is 2. The summed E-state index contributed by atoms with van der Waals surface area (Å²) < 4.78 is 0. The molecular weight excluding hydrogens is 232 g/mol. The second kappa shape index (κ2) is 9.61. The molecule has 1 atom stereocenters. The maximum atomic E-state index is 3.52. The van der Waals surface area contributed by atoms with Crippen molar-refractivity contribution in [3.05, 3.63) is 35.9 Å². The van der Waals surface area contributed by atoms with Gasteiger partial charge in [-0.05, 0) is 25.6 Å². The fraction of sp³-hybridized carbons (Fsp3) is 0.529. The van der Waals surface area contributed by atoms with Gasteiger partial charge in [-0.3, -0.25) is 4.90 Å². The summed E-state index contributed by atoms with van der Waals surface area (Å²) in [5, 5.41) is 3.52. The number of likely N-dealkylation sites (N-methyl/N-ethyl adjacent to an activating group) is 1. The highest BCUT2D eigenvalue weighted by molar-refractivity contribution is 5.19. The van der Waals surface area contributed by atoms with Crippen molar-refractivity contribution in [3.8, 4) is 11.8 Å². The number of nitrogens with one attached hydrogen (secondary N) is 1. The van der Waals surface area contributed by atoms with Crippen molar-refractivity contribution in [1.29, 1.82) is 0 Å². The van der Waals surface area contributed by atoms with Gasteiger partial charge in [0.2, 0.25) is 0 Å². The second-order valence-corrected chi connectivity index (χ2v) is 4.53. The Kier molecular flexibility index (Phi) is 7.97. The molecule has 0 spiro atoms. The minimum Gasteiger partial charge on any atom is -0.314 e. The van der Waals surface area contributed by atoms with E-state index < -0.39 is 0 Å². The van der Waals surface area contributed by atoms with Crippen molar-refractivity contribution in [2.75, 3.05) is 26.2 Å². The van der Waals surface area contributed by atoms with Crippen LogP contribution in [0.4, 0.5) is 0 Å². The van der Waals surface area contributed by atoms with E-state index >= 15 is 0 Å². The van der Waals surface area contributed by atoms with Crippen molar-refractivity contribution in [2.24, 2.45) is 0 Å². The first kappa shape index (κ1) is 15.8. The van der Waals surface area contributed by atoms with Crippen LogP contribution in [0.2, 0.25) is 0 Å². The molecule has 1 aromatic rings. The van der Waals surface area contributed by atoms with Crippen molar-refractivity contribution in [1.82, 2.24) is 10.2 Å². The van der Waals surface area contributed by atoms with Crippen LogP contribution in [-0.2, 0) is 0 Å². The fourth-order valence-corrected chi connectivity index (χ4v) is 2.31. The Bertz CT molecular complexity index is 385. The van der Waals surface area contributed by atoms with Gasteiger partial charge in [-0.2, -0.15) is 0 Å². The Hall–Kier alpha value is -1.30. The maximum absolute atomic E-state index is 3.52. The quantitative estimate of drug-likeness (QED) is 0.569. The molecule has 1 rings (SSSR count). The van der Waals surface area contributed by atoms with E-state index in [4.69, 9.17) is 0 Å². The highest BCUT2D eigenvalue weighted by Gasteiger charge is 2.16. The van der Waals surface area contributed by atoms with E-state index in [9.17, 15) is 0 Å². The predicted molar refractivity (Wildman–Crippen MR) is 83.0 cm³/mol. The average Bonchev–Trinajstić information content (AvgIpc) is 2.47. The molecule has 0 radical (unpaired) electrons. The topological polar surface area (TPSA) is 15.3 Å². The Morgan fingerprint density at radius 1 is 1.16 bits per heavy atom. The lowest BCUT2D eigenvalue weighted by Gasteiger charge is -2.30. The Morgan fingerprint density at radius 2 is 1.84 bits per heavy atom. The molecule has 2 nitrogen and oxygen atoms in total. The van der Waals surface area contributed by atoms with Gasteiger partial charge in [0.15, 0.2) is 0 Å². The van der Waals surface area contributed by atoms with Gasteiger partial charge in [0.25, 0.3) is 0 Å². The predicted octanol–water partition coefficient (Wildman–Crippen LogP) is 3.07. The summed E-state index contributed by atoms with van der Waals surface area (Å²) in [4.78, 5) is 2.49. The molecule has 0 amide bonds. The van der Waals surface area contributed by atoms with Crippen molar-refractivity contribution < 1.29 is 0 Å². The zero-order valence-corrected chi connectivity index (χ0v) is 12.4. The molecule has 1 aromatic carbocycles. The highest BCUT2D eigenvalue weighted by Crippen LogP contribution is 2.19. The van der Waals surface area contributed by atoms with E-state index in [1.54, 1.807) is 0 Å². The molecule has 0 aliphatic carbocycles. The van der Waals surface area contributed by atoms with Crippen LogP contribution in [0.5, 0.6) is 0 Å². The van der Waals surface area contributed by atoms with Gasteiger partial charge in [0.1, 0.15) is 0 Å². The zero-order chi connectivity index (χ0) is 13.9. The van der Waals surface area contributed by atoms with Gasteiger partial charge in [-0.15, -0.1) is 11.8 Å². The molecule has 104 valence electrons. The van der Waals surface area contributed by atoms with Crippen molar-refractivity contribution in [3.63, 3.8) is 0 Å². The van der Waals surface area contributed by atoms with Crippen LogP contribution >= 0.6 is 0 Å². The first-order valence-electron chi connectivity index (χ1n) is 7.22. The van der Waals surface area contributed by atoms with Crippen LogP contribution < -0.4 is 5.32 Å². The average molecular weight is 258 g/mol. The molecule has 1 unspecified atom stereocenters. The lowest BCUT2D eigenvalue weighted by atomic mass is 10.1. The summed E-state index contributed by atoms with van der Waals surface area (Å²) in [6.07, 6.45) is 0.927. The van der Waals surface area contributed by atoms with E-state index in [-0.39, 0.29) is 0 Å². The highest BCUT2D eigenvalue weighted by atomic mass is 15.2.